The number of benzene rings is 1. The predicted octanol–water partition coefficient (Wildman–Crippen LogP) is 1.05. The molecule has 2 rings (SSSR count). The number of hydrogen-bond donors (Lipinski definition) is 1. The van der Waals surface area contributed by atoms with Gasteiger partial charge in [-0.1, -0.05) is 24.3 Å². The second-order valence-electron chi connectivity index (χ2n) is 4.74. The summed E-state index contributed by atoms with van der Waals surface area (Å²) in [6.07, 6.45) is 0.446. The highest BCUT2D eigenvalue weighted by Gasteiger charge is 2.32. The van der Waals surface area contributed by atoms with Crippen LogP contribution in [0.5, 0.6) is 0 Å². The molecule has 0 aromatic heterocycles. The van der Waals surface area contributed by atoms with Crippen molar-refractivity contribution in [2.75, 3.05) is 11.5 Å². The number of carbonyl (C=O) groups excluding carboxylic acids is 1. The Balaban J connectivity index is 1.92. The minimum Gasteiger partial charge on any atom is -0.352 e. The third-order valence-corrected chi connectivity index (χ3v) is 5.09. The highest BCUT2D eigenvalue weighted by molar-refractivity contribution is 7.91. The fraction of sp³-hybridized carbons (Fsp3) is 0.462. The maximum Gasteiger partial charge on any atom is 0.224 e. The number of hydrogen-bond acceptors (Lipinski definition) is 3. The molecule has 1 aliphatic rings. The molecule has 1 N–H and O–H groups in total. The van der Waals surface area contributed by atoms with Crippen LogP contribution in [0, 0.1) is 12.8 Å². The smallest absolute Gasteiger partial charge is 0.224 e. The van der Waals surface area contributed by atoms with Gasteiger partial charge in [-0.3, -0.25) is 4.79 Å². The molecule has 98 valence electrons. The minimum absolute atomic E-state index is 0.00734. The molecule has 5 heteroatoms. The fourth-order valence-electron chi connectivity index (χ4n) is 2.14. The first-order valence-electron chi connectivity index (χ1n) is 6.00. The predicted molar refractivity (Wildman–Crippen MR) is 69.8 cm³/mol. The summed E-state index contributed by atoms with van der Waals surface area (Å²) in [6, 6.07) is 7.82. The van der Waals surface area contributed by atoms with E-state index in [1.807, 2.05) is 31.2 Å². The molecule has 0 aliphatic carbocycles. The topological polar surface area (TPSA) is 63.2 Å². The molecule has 1 saturated heterocycles. The zero-order valence-electron chi connectivity index (χ0n) is 10.3. The molecule has 0 radical (unpaired) electrons. The van der Waals surface area contributed by atoms with Crippen LogP contribution in [-0.4, -0.2) is 25.8 Å². The molecule has 1 fully saturated rings. The lowest BCUT2D eigenvalue weighted by atomic mass is 10.1. The SMILES string of the molecule is Cc1ccccc1CNC(=O)C1CCS(=O)(=O)C1. The molecule has 1 heterocycles. The zero-order valence-corrected chi connectivity index (χ0v) is 11.2. The number of nitrogens with one attached hydrogen (secondary N) is 1. The Hall–Kier alpha value is -1.36. The average Bonchev–Trinajstić information content (AvgIpc) is 2.68. The zero-order chi connectivity index (χ0) is 13.2. The monoisotopic (exact) mass is 267 g/mol. The van der Waals surface area contributed by atoms with E-state index in [2.05, 4.69) is 5.32 Å². The van der Waals surface area contributed by atoms with Crippen molar-refractivity contribution in [3.05, 3.63) is 35.4 Å². The summed E-state index contributed by atoms with van der Waals surface area (Å²) in [5.74, 6) is -0.402. The lowest BCUT2D eigenvalue weighted by Crippen LogP contribution is -2.31. The highest BCUT2D eigenvalue weighted by Crippen LogP contribution is 2.18. The van der Waals surface area contributed by atoms with Gasteiger partial charge in [-0.2, -0.15) is 0 Å². The Kier molecular flexibility index (Phi) is 3.71. The van der Waals surface area contributed by atoms with Crippen LogP contribution >= 0.6 is 0 Å². The first-order chi connectivity index (χ1) is 8.48. The summed E-state index contributed by atoms with van der Waals surface area (Å²) in [5.41, 5.74) is 2.18. The number of aryl methyl sites for hydroxylation is 1. The molecule has 0 bridgehead atoms. The van der Waals surface area contributed by atoms with Gasteiger partial charge in [-0.25, -0.2) is 8.42 Å². The van der Waals surface area contributed by atoms with E-state index in [1.165, 1.54) is 0 Å². The second-order valence-corrected chi connectivity index (χ2v) is 6.97. The van der Waals surface area contributed by atoms with E-state index in [-0.39, 0.29) is 23.3 Å². The summed E-state index contributed by atoms with van der Waals surface area (Å²) in [5, 5.41) is 2.82. The van der Waals surface area contributed by atoms with Crippen LogP contribution in [0.3, 0.4) is 0 Å². The van der Waals surface area contributed by atoms with Crippen molar-refractivity contribution in [1.82, 2.24) is 5.32 Å². The molecule has 18 heavy (non-hydrogen) atoms. The molecule has 1 atom stereocenters. The van der Waals surface area contributed by atoms with Gasteiger partial charge in [0.1, 0.15) is 0 Å². The van der Waals surface area contributed by atoms with Gasteiger partial charge in [0.15, 0.2) is 9.84 Å². The highest BCUT2D eigenvalue weighted by atomic mass is 32.2. The summed E-state index contributed by atoms with van der Waals surface area (Å²) < 4.78 is 22.6. The van der Waals surface area contributed by atoms with Crippen molar-refractivity contribution in [2.45, 2.75) is 19.9 Å². The quantitative estimate of drug-likeness (QED) is 0.890. The summed E-state index contributed by atoms with van der Waals surface area (Å²) in [4.78, 5) is 11.8. The van der Waals surface area contributed by atoms with Gasteiger partial charge in [0.05, 0.1) is 17.4 Å². The maximum absolute atomic E-state index is 11.8. The van der Waals surface area contributed by atoms with Gasteiger partial charge < -0.3 is 5.32 Å². The fourth-order valence-corrected chi connectivity index (χ4v) is 3.88. The Labute approximate surface area is 107 Å². The maximum atomic E-state index is 11.8. The van der Waals surface area contributed by atoms with Crippen molar-refractivity contribution < 1.29 is 13.2 Å². The lowest BCUT2D eigenvalue weighted by molar-refractivity contribution is -0.124. The molecular formula is C13H17NO3S. The molecule has 1 unspecified atom stereocenters. The average molecular weight is 267 g/mol. The van der Waals surface area contributed by atoms with Crippen LogP contribution in [-0.2, 0) is 21.2 Å². The van der Waals surface area contributed by atoms with Gasteiger partial charge in [0.2, 0.25) is 5.91 Å². The van der Waals surface area contributed by atoms with E-state index >= 15 is 0 Å². The summed E-state index contributed by atoms with van der Waals surface area (Å²) in [6.45, 7) is 2.45. The first-order valence-corrected chi connectivity index (χ1v) is 7.83. The third kappa shape index (κ3) is 3.10. The van der Waals surface area contributed by atoms with Gasteiger partial charge >= 0.3 is 0 Å². The Bertz CT molecular complexity index is 551. The van der Waals surface area contributed by atoms with E-state index < -0.39 is 9.84 Å². The van der Waals surface area contributed by atoms with Crippen LogP contribution in [0.25, 0.3) is 0 Å². The van der Waals surface area contributed by atoms with Crippen molar-refractivity contribution in [2.24, 2.45) is 5.92 Å². The van der Waals surface area contributed by atoms with Crippen molar-refractivity contribution >= 4 is 15.7 Å². The van der Waals surface area contributed by atoms with Gasteiger partial charge in [0.25, 0.3) is 0 Å². The first kappa shape index (κ1) is 13.1. The van der Waals surface area contributed by atoms with Gasteiger partial charge in [-0.15, -0.1) is 0 Å². The number of rotatable bonds is 3. The Morgan fingerprint density at radius 2 is 2.11 bits per heavy atom. The number of carbonyl (C=O) groups is 1. The molecule has 1 aliphatic heterocycles. The molecule has 4 nitrogen and oxygen atoms in total. The molecule has 0 saturated carbocycles. The van der Waals surface area contributed by atoms with Crippen LogP contribution < -0.4 is 5.32 Å². The van der Waals surface area contributed by atoms with E-state index in [4.69, 9.17) is 0 Å². The molecular weight excluding hydrogens is 250 g/mol. The summed E-state index contributed by atoms with van der Waals surface area (Å²) >= 11 is 0. The van der Waals surface area contributed by atoms with Crippen LogP contribution in [0.1, 0.15) is 17.5 Å². The van der Waals surface area contributed by atoms with E-state index in [1.54, 1.807) is 0 Å². The Morgan fingerprint density at radius 1 is 1.39 bits per heavy atom. The van der Waals surface area contributed by atoms with Crippen LogP contribution in [0.15, 0.2) is 24.3 Å². The summed E-state index contributed by atoms with van der Waals surface area (Å²) in [7, 11) is -2.99. The van der Waals surface area contributed by atoms with Crippen molar-refractivity contribution in [1.29, 1.82) is 0 Å². The molecule has 1 aromatic carbocycles. The third-order valence-electron chi connectivity index (χ3n) is 3.32. The molecule has 1 amide bonds. The van der Waals surface area contributed by atoms with E-state index in [0.717, 1.165) is 11.1 Å². The second kappa shape index (κ2) is 5.10. The minimum atomic E-state index is -2.99. The molecule has 0 spiro atoms. The normalized spacial score (nSPS) is 21.7. The van der Waals surface area contributed by atoms with Crippen molar-refractivity contribution in [3.8, 4) is 0 Å². The van der Waals surface area contributed by atoms with Gasteiger partial charge in [0, 0.05) is 6.54 Å². The number of sulfone groups is 1. The van der Waals surface area contributed by atoms with Crippen LogP contribution in [0.2, 0.25) is 0 Å². The van der Waals surface area contributed by atoms with Gasteiger partial charge in [-0.05, 0) is 24.5 Å². The molecule has 1 aromatic rings. The van der Waals surface area contributed by atoms with Crippen LogP contribution in [0.4, 0.5) is 0 Å². The lowest BCUT2D eigenvalue weighted by Gasteiger charge is -2.10. The Morgan fingerprint density at radius 3 is 2.72 bits per heavy atom. The van der Waals surface area contributed by atoms with E-state index in [9.17, 15) is 13.2 Å². The standard InChI is InChI=1S/C13H17NO3S/c1-10-4-2-3-5-11(10)8-14-13(15)12-6-7-18(16,17)9-12/h2-5,12H,6-9H2,1H3,(H,14,15). The largest absolute Gasteiger partial charge is 0.352 e. The number of amides is 1. The van der Waals surface area contributed by atoms with Crippen molar-refractivity contribution in [3.63, 3.8) is 0 Å². The van der Waals surface area contributed by atoms with E-state index in [0.29, 0.717) is 13.0 Å².